The van der Waals surface area contributed by atoms with Gasteiger partial charge in [-0.25, -0.2) is 0 Å². The Morgan fingerprint density at radius 3 is 2.82 bits per heavy atom. The van der Waals surface area contributed by atoms with Crippen molar-refractivity contribution >= 4 is 6.41 Å². The second kappa shape index (κ2) is 8.37. The van der Waals surface area contributed by atoms with Crippen LogP contribution in [0.5, 0.6) is 11.5 Å². The Kier molecular flexibility index (Phi) is 5.69. The number of ether oxygens (including phenoxy) is 3. The molecule has 2 fully saturated rings. The molecule has 1 aromatic rings. The number of carbonyl (C=O) groups is 1. The molecule has 1 spiro atoms. The van der Waals surface area contributed by atoms with Gasteiger partial charge in [0.15, 0.2) is 0 Å². The number of amides is 1. The zero-order valence-electron chi connectivity index (χ0n) is 16.4. The molecule has 28 heavy (non-hydrogen) atoms. The summed E-state index contributed by atoms with van der Waals surface area (Å²) >= 11 is 0. The molecule has 4 rings (SSSR count). The predicted molar refractivity (Wildman–Crippen MR) is 106 cm³/mol. The van der Waals surface area contributed by atoms with Gasteiger partial charge < -0.3 is 19.5 Å². The smallest absolute Gasteiger partial charge is 0.213 e. The quantitative estimate of drug-likeness (QED) is 0.462. The molecule has 2 aliphatic heterocycles. The molecule has 0 unspecified atom stereocenters. The van der Waals surface area contributed by atoms with Crippen LogP contribution >= 0.6 is 0 Å². The fraction of sp³-hybridized carbons (Fsp3) is 0.500. The third kappa shape index (κ3) is 4.08. The molecule has 1 aliphatic carbocycles. The molecule has 0 bridgehead atoms. The van der Waals surface area contributed by atoms with Gasteiger partial charge in [0.1, 0.15) is 17.3 Å². The van der Waals surface area contributed by atoms with Crippen molar-refractivity contribution in [2.45, 2.75) is 57.5 Å². The van der Waals surface area contributed by atoms with Crippen LogP contribution in [0.3, 0.4) is 0 Å². The highest BCUT2D eigenvalue weighted by atomic mass is 16.7. The van der Waals surface area contributed by atoms with E-state index in [0.717, 1.165) is 43.3 Å². The number of piperidine rings is 1. The van der Waals surface area contributed by atoms with E-state index in [-0.39, 0.29) is 0 Å². The molecule has 0 aromatic heterocycles. The molecule has 6 heteroatoms. The van der Waals surface area contributed by atoms with Crippen molar-refractivity contribution in [2.75, 3.05) is 13.1 Å². The summed E-state index contributed by atoms with van der Waals surface area (Å²) in [6.07, 6.45) is 11.6. The monoisotopic (exact) mass is 384 g/mol. The summed E-state index contributed by atoms with van der Waals surface area (Å²) in [5.74, 6) is 1.61. The van der Waals surface area contributed by atoms with Gasteiger partial charge in [0.05, 0.1) is 6.61 Å². The number of rotatable bonds is 6. The summed E-state index contributed by atoms with van der Waals surface area (Å²) in [6.45, 7) is 4.50. The van der Waals surface area contributed by atoms with Gasteiger partial charge in [-0.15, -0.1) is 0 Å². The van der Waals surface area contributed by atoms with Gasteiger partial charge in [-0.1, -0.05) is 12.5 Å². The molecule has 1 saturated heterocycles. The number of hydrogen-bond donors (Lipinski definition) is 1. The lowest BCUT2D eigenvalue weighted by Gasteiger charge is -2.47. The minimum absolute atomic E-state index is 0.487. The standard InChI is InChI=1S/C22H28N2O4/c1-2-4-20(14-23-16-25)27-19-7-8-21-17(13-19)15-26-22(28-21)9-11-24(12-10-22)18-5-3-6-18/h2,4,7-8,13-14,16,18H,3,5-6,9-12,15H2,1H3,(H,23,25)/b4-2-,20-14+. The zero-order valence-corrected chi connectivity index (χ0v) is 16.4. The Bertz CT molecular complexity index is 762. The Labute approximate surface area is 166 Å². The molecule has 3 aliphatic rings. The minimum atomic E-state index is -0.487. The highest BCUT2D eigenvalue weighted by Crippen LogP contribution is 2.40. The van der Waals surface area contributed by atoms with Gasteiger partial charge in [-0.2, -0.15) is 0 Å². The topological polar surface area (TPSA) is 60.0 Å². The number of fused-ring (bicyclic) bond motifs is 1. The maximum atomic E-state index is 10.5. The van der Waals surface area contributed by atoms with Gasteiger partial charge in [0.25, 0.3) is 0 Å². The maximum Gasteiger partial charge on any atom is 0.213 e. The van der Waals surface area contributed by atoms with Gasteiger partial charge in [0.2, 0.25) is 12.2 Å². The average Bonchev–Trinajstić information content (AvgIpc) is 2.67. The lowest BCUT2D eigenvalue weighted by Crippen LogP contribution is -2.54. The molecule has 1 aromatic carbocycles. The number of likely N-dealkylation sites (tertiary alicyclic amines) is 1. The molecule has 6 nitrogen and oxygen atoms in total. The zero-order chi connectivity index (χ0) is 19.4. The molecule has 2 heterocycles. The lowest BCUT2D eigenvalue weighted by molar-refractivity contribution is -0.231. The lowest BCUT2D eigenvalue weighted by atomic mass is 9.89. The van der Waals surface area contributed by atoms with Crippen LogP contribution in [-0.2, 0) is 16.1 Å². The summed E-state index contributed by atoms with van der Waals surface area (Å²) in [7, 11) is 0. The largest absolute Gasteiger partial charge is 0.462 e. The van der Waals surface area contributed by atoms with Gasteiger partial charge in [-0.3, -0.25) is 9.69 Å². The highest BCUT2D eigenvalue weighted by Gasteiger charge is 2.42. The van der Waals surface area contributed by atoms with E-state index in [0.29, 0.717) is 24.5 Å². The number of nitrogens with zero attached hydrogens (tertiary/aromatic N) is 1. The van der Waals surface area contributed by atoms with Crippen molar-refractivity contribution in [1.82, 2.24) is 10.2 Å². The van der Waals surface area contributed by atoms with Crippen LogP contribution in [-0.4, -0.2) is 36.2 Å². The first-order valence-electron chi connectivity index (χ1n) is 10.1. The van der Waals surface area contributed by atoms with Crippen LogP contribution in [0.2, 0.25) is 0 Å². The van der Waals surface area contributed by atoms with Gasteiger partial charge in [-0.05, 0) is 44.0 Å². The van der Waals surface area contributed by atoms with Crippen molar-refractivity contribution < 1.29 is 19.0 Å². The summed E-state index contributed by atoms with van der Waals surface area (Å²) in [6, 6.07) is 6.55. The predicted octanol–water partition coefficient (Wildman–Crippen LogP) is 3.48. The summed E-state index contributed by atoms with van der Waals surface area (Å²) < 4.78 is 18.4. The normalized spacial score (nSPS) is 22.4. The van der Waals surface area contributed by atoms with Crippen molar-refractivity contribution in [2.24, 2.45) is 0 Å². The number of allylic oxidation sites excluding steroid dienone is 2. The first-order valence-corrected chi connectivity index (χ1v) is 10.1. The van der Waals surface area contributed by atoms with Crippen LogP contribution < -0.4 is 14.8 Å². The van der Waals surface area contributed by atoms with Gasteiger partial charge in [0, 0.05) is 43.7 Å². The maximum absolute atomic E-state index is 10.5. The van der Waals surface area contributed by atoms with Crippen molar-refractivity contribution in [1.29, 1.82) is 0 Å². The van der Waals surface area contributed by atoms with E-state index >= 15 is 0 Å². The molecular weight excluding hydrogens is 356 g/mol. The first kappa shape index (κ1) is 19.0. The van der Waals surface area contributed by atoms with E-state index in [1.165, 1.54) is 25.5 Å². The van der Waals surface area contributed by atoms with E-state index in [1.807, 2.05) is 31.2 Å². The summed E-state index contributed by atoms with van der Waals surface area (Å²) in [4.78, 5) is 13.1. The number of carbonyl (C=O) groups excluding carboxylic acids is 1. The van der Waals surface area contributed by atoms with Crippen molar-refractivity contribution in [3.05, 3.63) is 47.9 Å². The Balaban J connectivity index is 1.41. The molecule has 1 saturated carbocycles. The molecular formula is C22H28N2O4. The molecule has 1 amide bonds. The first-order chi connectivity index (χ1) is 13.7. The van der Waals surface area contributed by atoms with Crippen LogP contribution in [0, 0.1) is 0 Å². The Morgan fingerprint density at radius 1 is 1.32 bits per heavy atom. The summed E-state index contributed by atoms with van der Waals surface area (Å²) in [5, 5.41) is 2.50. The molecule has 1 N–H and O–H groups in total. The Hall–Kier alpha value is -2.31. The number of hydrogen-bond acceptors (Lipinski definition) is 5. The van der Waals surface area contributed by atoms with Crippen LogP contribution in [0.4, 0.5) is 0 Å². The van der Waals surface area contributed by atoms with E-state index in [1.54, 1.807) is 6.08 Å². The van der Waals surface area contributed by atoms with Crippen LogP contribution in [0.1, 0.15) is 44.6 Å². The third-order valence-corrected chi connectivity index (χ3v) is 5.83. The van der Waals surface area contributed by atoms with Crippen molar-refractivity contribution in [3.63, 3.8) is 0 Å². The van der Waals surface area contributed by atoms with Crippen LogP contribution in [0.15, 0.2) is 42.3 Å². The van der Waals surface area contributed by atoms with Gasteiger partial charge >= 0.3 is 0 Å². The fourth-order valence-electron chi connectivity index (χ4n) is 4.03. The SMILES string of the molecule is C/C=C\C(=C/NC=O)Oc1ccc2c(c1)COC1(CCN(C3CCC3)CC1)O2. The highest BCUT2D eigenvalue weighted by molar-refractivity contribution is 5.48. The summed E-state index contributed by atoms with van der Waals surface area (Å²) in [5.41, 5.74) is 0.979. The Morgan fingerprint density at radius 2 is 2.14 bits per heavy atom. The fourth-order valence-corrected chi connectivity index (χ4v) is 4.03. The molecule has 0 radical (unpaired) electrons. The van der Waals surface area contributed by atoms with Crippen molar-refractivity contribution in [3.8, 4) is 11.5 Å². The minimum Gasteiger partial charge on any atom is -0.462 e. The van der Waals surface area contributed by atoms with E-state index in [4.69, 9.17) is 14.2 Å². The number of benzene rings is 1. The van der Waals surface area contributed by atoms with Crippen LogP contribution in [0.25, 0.3) is 0 Å². The van der Waals surface area contributed by atoms with E-state index < -0.39 is 5.79 Å². The second-order valence-electron chi connectivity index (χ2n) is 7.62. The van der Waals surface area contributed by atoms with E-state index in [2.05, 4.69) is 10.2 Å². The third-order valence-electron chi connectivity index (χ3n) is 5.83. The number of nitrogens with one attached hydrogen (secondary N) is 1. The average molecular weight is 384 g/mol. The van der Waals surface area contributed by atoms with E-state index in [9.17, 15) is 4.79 Å². The second-order valence-corrected chi connectivity index (χ2v) is 7.62. The molecule has 150 valence electrons. The molecule has 0 atom stereocenters.